The Hall–Kier alpha value is -1.95. The zero-order chi connectivity index (χ0) is 13.8. The van der Waals surface area contributed by atoms with Gasteiger partial charge in [-0.1, -0.05) is 29.5 Å². The summed E-state index contributed by atoms with van der Waals surface area (Å²) < 4.78 is 0. The number of benzene rings is 1. The van der Waals surface area contributed by atoms with Crippen LogP contribution in [-0.2, 0) is 4.79 Å². The smallest absolute Gasteiger partial charge is 0.245 e. The van der Waals surface area contributed by atoms with Gasteiger partial charge in [0, 0.05) is 5.69 Å². The molecule has 0 bridgehead atoms. The Labute approximate surface area is 116 Å². The molecule has 19 heavy (non-hydrogen) atoms. The van der Waals surface area contributed by atoms with E-state index in [0.29, 0.717) is 5.13 Å². The molecule has 0 aliphatic heterocycles. The lowest BCUT2D eigenvalue weighted by Gasteiger charge is -2.11. The van der Waals surface area contributed by atoms with Crippen molar-refractivity contribution >= 4 is 28.1 Å². The maximum Gasteiger partial charge on any atom is 0.245 e. The van der Waals surface area contributed by atoms with Crippen LogP contribution in [0.15, 0.2) is 18.2 Å². The van der Waals surface area contributed by atoms with Gasteiger partial charge in [-0.3, -0.25) is 10.1 Å². The molecule has 0 aliphatic carbocycles. The van der Waals surface area contributed by atoms with Crippen molar-refractivity contribution in [3.05, 3.63) is 34.3 Å². The number of anilines is 2. The molecule has 2 rings (SSSR count). The topological polar surface area (TPSA) is 66.9 Å². The van der Waals surface area contributed by atoms with E-state index in [4.69, 9.17) is 0 Å². The Bertz CT molecular complexity index is 574. The van der Waals surface area contributed by atoms with Gasteiger partial charge in [0.25, 0.3) is 0 Å². The average Bonchev–Trinajstić information content (AvgIpc) is 2.74. The van der Waals surface area contributed by atoms with Crippen LogP contribution in [0.5, 0.6) is 0 Å². The van der Waals surface area contributed by atoms with E-state index in [1.165, 1.54) is 11.3 Å². The van der Waals surface area contributed by atoms with Crippen molar-refractivity contribution in [3.8, 4) is 0 Å². The third-order valence-corrected chi connectivity index (χ3v) is 3.43. The molecular weight excluding hydrogens is 260 g/mol. The van der Waals surface area contributed by atoms with Crippen LogP contribution in [0, 0.1) is 20.8 Å². The fourth-order valence-corrected chi connectivity index (χ4v) is 2.38. The van der Waals surface area contributed by atoms with Crippen LogP contribution < -0.4 is 10.6 Å². The molecule has 0 atom stereocenters. The fraction of sp³-hybridized carbons (Fsp3) is 0.308. The summed E-state index contributed by atoms with van der Waals surface area (Å²) in [5, 5.41) is 14.9. The summed E-state index contributed by atoms with van der Waals surface area (Å²) >= 11 is 1.36. The zero-order valence-corrected chi connectivity index (χ0v) is 12.0. The number of rotatable bonds is 4. The van der Waals surface area contributed by atoms with E-state index in [1.807, 2.05) is 39.0 Å². The summed E-state index contributed by atoms with van der Waals surface area (Å²) in [7, 11) is 0. The van der Waals surface area contributed by atoms with Crippen LogP contribution >= 0.6 is 11.3 Å². The monoisotopic (exact) mass is 276 g/mol. The number of aryl methyl sites for hydroxylation is 3. The number of amides is 1. The van der Waals surface area contributed by atoms with Gasteiger partial charge >= 0.3 is 0 Å². The van der Waals surface area contributed by atoms with E-state index in [2.05, 4.69) is 20.8 Å². The lowest BCUT2D eigenvalue weighted by Crippen LogP contribution is -2.22. The van der Waals surface area contributed by atoms with Crippen molar-refractivity contribution in [3.63, 3.8) is 0 Å². The lowest BCUT2D eigenvalue weighted by molar-refractivity contribution is -0.114. The minimum absolute atomic E-state index is 0.126. The van der Waals surface area contributed by atoms with Crippen LogP contribution in [0.25, 0.3) is 0 Å². The lowest BCUT2D eigenvalue weighted by atomic mass is 10.1. The maximum absolute atomic E-state index is 11.8. The Kier molecular flexibility index (Phi) is 4.11. The number of carbonyl (C=O) groups excluding carboxylic acids is 1. The molecule has 0 saturated heterocycles. The second-order valence-corrected chi connectivity index (χ2v) is 5.48. The number of hydrogen-bond donors (Lipinski definition) is 2. The Morgan fingerprint density at radius 3 is 2.47 bits per heavy atom. The van der Waals surface area contributed by atoms with E-state index < -0.39 is 0 Å². The average molecular weight is 276 g/mol. The van der Waals surface area contributed by atoms with Crippen LogP contribution in [0.4, 0.5) is 10.8 Å². The van der Waals surface area contributed by atoms with Crippen molar-refractivity contribution in [1.82, 2.24) is 10.2 Å². The molecule has 1 aromatic heterocycles. The quantitative estimate of drug-likeness (QED) is 0.900. The number of aromatic nitrogens is 2. The SMILES string of the molecule is Cc1nnc(NC(=O)CNc2c(C)cccc2C)s1. The maximum atomic E-state index is 11.8. The van der Waals surface area contributed by atoms with E-state index in [-0.39, 0.29) is 12.5 Å². The van der Waals surface area contributed by atoms with Crippen molar-refractivity contribution < 1.29 is 4.79 Å². The highest BCUT2D eigenvalue weighted by atomic mass is 32.1. The zero-order valence-electron chi connectivity index (χ0n) is 11.2. The standard InChI is InChI=1S/C13H16N4OS/c1-8-5-4-6-9(2)12(8)14-7-11(18)15-13-17-16-10(3)19-13/h4-6,14H,7H2,1-3H3,(H,15,17,18). The molecule has 5 nitrogen and oxygen atoms in total. The van der Waals surface area contributed by atoms with Gasteiger partial charge in [0.1, 0.15) is 5.01 Å². The van der Waals surface area contributed by atoms with Gasteiger partial charge in [0.05, 0.1) is 6.54 Å². The van der Waals surface area contributed by atoms with Crippen LogP contribution in [0.3, 0.4) is 0 Å². The van der Waals surface area contributed by atoms with Gasteiger partial charge in [0.2, 0.25) is 11.0 Å². The normalized spacial score (nSPS) is 10.3. The summed E-state index contributed by atoms with van der Waals surface area (Å²) in [4.78, 5) is 11.8. The van der Waals surface area contributed by atoms with Gasteiger partial charge < -0.3 is 5.32 Å². The number of nitrogens with one attached hydrogen (secondary N) is 2. The minimum Gasteiger partial charge on any atom is -0.376 e. The first-order chi connectivity index (χ1) is 9.06. The van der Waals surface area contributed by atoms with Crippen molar-refractivity contribution in [2.24, 2.45) is 0 Å². The Balaban J connectivity index is 1.93. The third kappa shape index (κ3) is 3.51. The number of carbonyl (C=O) groups is 1. The summed E-state index contributed by atoms with van der Waals surface area (Å²) in [5.41, 5.74) is 3.25. The highest BCUT2D eigenvalue weighted by Crippen LogP contribution is 2.19. The molecule has 0 fully saturated rings. The van der Waals surface area contributed by atoms with E-state index in [9.17, 15) is 4.79 Å². The van der Waals surface area contributed by atoms with Gasteiger partial charge in [-0.15, -0.1) is 10.2 Å². The molecule has 0 saturated carbocycles. The van der Waals surface area contributed by atoms with Crippen LogP contribution in [-0.4, -0.2) is 22.6 Å². The molecule has 2 N–H and O–H groups in total. The Morgan fingerprint density at radius 2 is 1.89 bits per heavy atom. The largest absolute Gasteiger partial charge is 0.376 e. The molecule has 2 aromatic rings. The van der Waals surface area contributed by atoms with Crippen molar-refractivity contribution in [1.29, 1.82) is 0 Å². The van der Waals surface area contributed by atoms with Crippen LogP contribution in [0.1, 0.15) is 16.1 Å². The van der Waals surface area contributed by atoms with E-state index in [1.54, 1.807) is 0 Å². The highest BCUT2D eigenvalue weighted by Gasteiger charge is 2.07. The fourth-order valence-electron chi connectivity index (χ4n) is 1.77. The summed E-state index contributed by atoms with van der Waals surface area (Å²) in [5.74, 6) is -0.126. The predicted octanol–water partition coefficient (Wildman–Crippen LogP) is 2.51. The molecule has 1 heterocycles. The molecule has 0 spiro atoms. The molecular formula is C13H16N4OS. The second-order valence-electron chi connectivity index (χ2n) is 4.29. The minimum atomic E-state index is -0.126. The first-order valence-electron chi connectivity index (χ1n) is 5.96. The molecule has 0 radical (unpaired) electrons. The summed E-state index contributed by atoms with van der Waals surface area (Å²) in [6, 6.07) is 6.03. The van der Waals surface area contributed by atoms with E-state index >= 15 is 0 Å². The Morgan fingerprint density at radius 1 is 1.21 bits per heavy atom. The third-order valence-electron chi connectivity index (χ3n) is 2.68. The predicted molar refractivity (Wildman–Crippen MR) is 77.7 cm³/mol. The van der Waals surface area contributed by atoms with Gasteiger partial charge in [-0.2, -0.15) is 0 Å². The molecule has 0 aliphatic rings. The number of nitrogens with zero attached hydrogens (tertiary/aromatic N) is 2. The summed E-state index contributed by atoms with van der Waals surface area (Å²) in [6.45, 7) is 6.09. The summed E-state index contributed by atoms with van der Waals surface area (Å²) in [6.07, 6.45) is 0. The van der Waals surface area contributed by atoms with Crippen molar-refractivity contribution in [2.75, 3.05) is 17.2 Å². The van der Waals surface area contributed by atoms with Crippen LogP contribution in [0.2, 0.25) is 0 Å². The number of hydrogen-bond acceptors (Lipinski definition) is 5. The van der Waals surface area contributed by atoms with E-state index in [0.717, 1.165) is 21.8 Å². The van der Waals surface area contributed by atoms with Gasteiger partial charge in [0.15, 0.2) is 0 Å². The molecule has 1 aromatic carbocycles. The second kappa shape index (κ2) is 5.79. The molecule has 0 unspecified atom stereocenters. The first-order valence-corrected chi connectivity index (χ1v) is 6.78. The molecule has 6 heteroatoms. The number of para-hydroxylation sites is 1. The van der Waals surface area contributed by atoms with Crippen molar-refractivity contribution in [2.45, 2.75) is 20.8 Å². The first kappa shape index (κ1) is 13.5. The highest BCUT2D eigenvalue weighted by molar-refractivity contribution is 7.15. The molecule has 1 amide bonds. The molecule has 100 valence electrons. The van der Waals surface area contributed by atoms with Gasteiger partial charge in [-0.05, 0) is 31.9 Å². The van der Waals surface area contributed by atoms with Gasteiger partial charge in [-0.25, -0.2) is 0 Å².